The van der Waals surface area contributed by atoms with Crippen LogP contribution < -0.4 is 0 Å². The molecule has 72 valence electrons. The molecule has 0 aromatic heterocycles. The summed E-state index contributed by atoms with van der Waals surface area (Å²) in [6, 6.07) is 7.86. The van der Waals surface area contributed by atoms with Crippen LogP contribution in [0.15, 0.2) is 24.3 Å². The van der Waals surface area contributed by atoms with Gasteiger partial charge in [-0.3, -0.25) is 0 Å². The van der Waals surface area contributed by atoms with E-state index in [1.54, 1.807) is 0 Å². The SMILES string of the molecule is Cc1cccc(C(C)(CO)CO)c1. The number of benzene rings is 1. The molecule has 0 aliphatic rings. The predicted octanol–water partition coefficient (Wildman–Crippen LogP) is 1.24. The van der Waals surface area contributed by atoms with Crippen molar-refractivity contribution in [2.45, 2.75) is 19.3 Å². The van der Waals surface area contributed by atoms with Crippen LogP contribution in [0.3, 0.4) is 0 Å². The van der Waals surface area contributed by atoms with Crippen LogP contribution in [0.25, 0.3) is 0 Å². The van der Waals surface area contributed by atoms with Crippen LogP contribution >= 0.6 is 0 Å². The van der Waals surface area contributed by atoms with E-state index in [0.717, 1.165) is 11.1 Å². The highest BCUT2D eigenvalue weighted by molar-refractivity contribution is 5.29. The second-order valence-electron chi connectivity index (χ2n) is 3.75. The molecule has 0 amide bonds. The van der Waals surface area contributed by atoms with Gasteiger partial charge in [0, 0.05) is 5.41 Å². The molecule has 0 aliphatic heterocycles. The van der Waals surface area contributed by atoms with Crippen molar-refractivity contribution >= 4 is 0 Å². The minimum atomic E-state index is -0.522. The third kappa shape index (κ3) is 2.08. The van der Waals surface area contributed by atoms with Crippen LogP contribution in [0.4, 0.5) is 0 Å². The van der Waals surface area contributed by atoms with Crippen molar-refractivity contribution in [1.82, 2.24) is 0 Å². The Hall–Kier alpha value is -0.860. The molecule has 13 heavy (non-hydrogen) atoms. The van der Waals surface area contributed by atoms with Crippen molar-refractivity contribution in [1.29, 1.82) is 0 Å². The first kappa shape index (κ1) is 10.2. The molecule has 0 bridgehead atoms. The van der Waals surface area contributed by atoms with Crippen molar-refractivity contribution in [3.8, 4) is 0 Å². The quantitative estimate of drug-likeness (QED) is 0.734. The summed E-state index contributed by atoms with van der Waals surface area (Å²) < 4.78 is 0. The fourth-order valence-electron chi connectivity index (χ4n) is 1.25. The van der Waals surface area contributed by atoms with Crippen molar-refractivity contribution < 1.29 is 10.2 Å². The lowest BCUT2D eigenvalue weighted by Crippen LogP contribution is -2.30. The fourth-order valence-corrected chi connectivity index (χ4v) is 1.25. The minimum Gasteiger partial charge on any atom is -0.395 e. The second kappa shape index (κ2) is 3.90. The first-order valence-corrected chi connectivity index (χ1v) is 4.41. The predicted molar refractivity (Wildman–Crippen MR) is 52.7 cm³/mol. The first-order chi connectivity index (χ1) is 6.12. The van der Waals surface area contributed by atoms with Crippen LogP contribution in [0, 0.1) is 6.92 Å². The van der Waals surface area contributed by atoms with E-state index in [4.69, 9.17) is 10.2 Å². The van der Waals surface area contributed by atoms with Crippen LogP contribution in [0.2, 0.25) is 0 Å². The van der Waals surface area contributed by atoms with Gasteiger partial charge in [-0.2, -0.15) is 0 Å². The molecular weight excluding hydrogens is 164 g/mol. The Morgan fingerprint density at radius 2 is 1.85 bits per heavy atom. The Kier molecular flexibility index (Phi) is 3.07. The third-order valence-electron chi connectivity index (χ3n) is 2.41. The average Bonchev–Trinajstić information content (AvgIpc) is 2.17. The molecule has 0 atom stereocenters. The van der Waals surface area contributed by atoms with Gasteiger partial charge in [-0.25, -0.2) is 0 Å². The highest BCUT2D eigenvalue weighted by Gasteiger charge is 2.24. The molecule has 1 aromatic carbocycles. The second-order valence-corrected chi connectivity index (χ2v) is 3.75. The zero-order valence-electron chi connectivity index (χ0n) is 8.12. The lowest BCUT2D eigenvalue weighted by Gasteiger charge is -2.25. The van der Waals surface area contributed by atoms with E-state index in [1.165, 1.54) is 0 Å². The van der Waals surface area contributed by atoms with Gasteiger partial charge in [0.05, 0.1) is 13.2 Å². The maximum atomic E-state index is 9.17. The summed E-state index contributed by atoms with van der Waals surface area (Å²) in [5, 5.41) is 18.3. The molecule has 2 N–H and O–H groups in total. The van der Waals surface area contributed by atoms with Crippen LogP contribution in [0.5, 0.6) is 0 Å². The molecular formula is C11H16O2. The van der Waals surface area contributed by atoms with E-state index < -0.39 is 5.41 Å². The molecule has 1 aromatic rings. The van der Waals surface area contributed by atoms with Gasteiger partial charge in [0.25, 0.3) is 0 Å². The van der Waals surface area contributed by atoms with Gasteiger partial charge in [0.1, 0.15) is 0 Å². The lowest BCUT2D eigenvalue weighted by atomic mass is 9.83. The molecule has 0 aliphatic carbocycles. The standard InChI is InChI=1S/C11H16O2/c1-9-4-3-5-10(6-9)11(2,7-12)8-13/h3-6,12-13H,7-8H2,1-2H3. The molecule has 2 nitrogen and oxygen atoms in total. The largest absolute Gasteiger partial charge is 0.395 e. The zero-order chi connectivity index (χ0) is 9.90. The summed E-state index contributed by atoms with van der Waals surface area (Å²) in [5.41, 5.74) is 1.61. The van der Waals surface area contributed by atoms with E-state index in [2.05, 4.69) is 0 Å². The van der Waals surface area contributed by atoms with Gasteiger partial charge in [-0.15, -0.1) is 0 Å². The molecule has 0 saturated heterocycles. The first-order valence-electron chi connectivity index (χ1n) is 4.41. The van der Waals surface area contributed by atoms with Crippen LogP contribution in [-0.2, 0) is 5.41 Å². The summed E-state index contributed by atoms with van der Waals surface area (Å²) in [6.07, 6.45) is 0. The number of rotatable bonds is 3. The third-order valence-corrected chi connectivity index (χ3v) is 2.41. The Balaban J connectivity index is 3.05. The van der Waals surface area contributed by atoms with E-state index in [-0.39, 0.29) is 13.2 Å². The number of hydrogen-bond acceptors (Lipinski definition) is 2. The lowest BCUT2D eigenvalue weighted by molar-refractivity contribution is 0.129. The maximum absolute atomic E-state index is 9.17. The van der Waals surface area contributed by atoms with E-state index in [1.807, 2.05) is 38.1 Å². The van der Waals surface area contributed by atoms with E-state index in [9.17, 15) is 0 Å². The van der Waals surface area contributed by atoms with Gasteiger partial charge < -0.3 is 10.2 Å². The van der Waals surface area contributed by atoms with Gasteiger partial charge in [-0.1, -0.05) is 36.8 Å². The summed E-state index contributed by atoms with van der Waals surface area (Å²) in [4.78, 5) is 0. The number of aliphatic hydroxyl groups excluding tert-OH is 2. The van der Waals surface area contributed by atoms with Gasteiger partial charge in [0.15, 0.2) is 0 Å². The highest BCUT2D eigenvalue weighted by atomic mass is 16.3. The normalized spacial score (nSPS) is 11.7. The van der Waals surface area contributed by atoms with Gasteiger partial charge in [-0.05, 0) is 12.5 Å². The summed E-state index contributed by atoms with van der Waals surface area (Å²) in [7, 11) is 0. The molecule has 0 unspecified atom stereocenters. The average molecular weight is 180 g/mol. The topological polar surface area (TPSA) is 40.5 Å². The molecule has 0 fully saturated rings. The smallest absolute Gasteiger partial charge is 0.0547 e. The van der Waals surface area contributed by atoms with E-state index in [0.29, 0.717) is 0 Å². The van der Waals surface area contributed by atoms with Gasteiger partial charge in [0.2, 0.25) is 0 Å². The maximum Gasteiger partial charge on any atom is 0.0547 e. The van der Waals surface area contributed by atoms with Gasteiger partial charge >= 0.3 is 0 Å². The number of hydrogen-bond donors (Lipinski definition) is 2. The Morgan fingerprint density at radius 1 is 1.23 bits per heavy atom. The molecule has 0 radical (unpaired) electrons. The number of aryl methyl sites for hydroxylation is 1. The monoisotopic (exact) mass is 180 g/mol. The Bertz CT molecular complexity index is 277. The van der Waals surface area contributed by atoms with Crippen molar-refractivity contribution in [3.05, 3.63) is 35.4 Å². The Labute approximate surface area is 78.8 Å². The molecule has 0 heterocycles. The van der Waals surface area contributed by atoms with Crippen LogP contribution in [0.1, 0.15) is 18.1 Å². The Morgan fingerprint density at radius 3 is 2.31 bits per heavy atom. The summed E-state index contributed by atoms with van der Waals surface area (Å²) >= 11 is 0. The molecule has 2 heteroatoms. The molecule has 0 saturated carbocycles. The number of aliphatic hydroxyl groups is 2. The fraction of sp³-hybridized carbons (Fsp3) is 0.455. The van der Waals surface area contributed by atoms with E-state index >= 15 is 0 Å². The van der Waals surface area contributed by atoms with Crippen molar-refractivity contribution in [2.75, 3.05) is 13.2 Å². The van der Waals surface area contributed by atoms with Crippen molar-refractivity contribution in [3.63, 3.8) is 0 Å². The zero-order valence-corrected chi connectivity index (χ0v) is 8.12. The van der Waals surface area contributed by atoms with Crippen LogP contribution in [-0.4, -0.2) is 23.4 Å². The molecule has 0 spiro atoms. The summed E-state index contributed by atoms with van der Waals surface area (Å²) in [6.45, 7) is 3.78. The minimum absolute atomic E-state index is 0.0348. The van der Waals surface area contributed by atoms with Crippen molar-refractivity contribution in [2.24, 2.45) is 0 Å². The highest BCUT2D eigenvalue weighted by Crippen LogP contribution is 2.23. The molecule has 1 rings (SSSR count). The summed E-state index contributed by atoms with van der Waals surface area (Å²) in [5.74, 6) is 0.